The fourth-order valence-corrected chi connectivity index (χ4v) is 2.00. The lowest BCUT2D eigenvalue weighted by Gasteiger charge is -2.21. The number of halogens is 1. The number of carbonyl (C=O) groups excluding carboxylic acids is 2. The second kappa shape index (κ2) is 7.53. The van der Waals surface area contributed by atoms with Crippen LogP contribution in [0.3, 0.4) is 0 Å². The molecular formula is C16H18FN3O3. The number of nitrogens with one attached hydrogen (secondary N) is 1. The zero-order chi connectivity index (χ0) is 16.8. The molecule has 0 saturated carbocycles. The maximum Gasteiger partial charge on any atom is 0.412 e. The van der Waals surface area contributed by atoms with Crippen LogP contribution in [0.15, 0.2) is 30.5 Å². The average Bonchev–Trinajstić information content (AvgIpc) is 2.50. The normalized spacial score (nSPS) is 10.6. The minimum Gasteiger partial charge on any atom is -0.447 e. The van der Waals surface area contributed by atoms with E-state index in [1.807, 2.05) is 13.8 Å². The van der Waals surface area contributed by atoms with Crippen molar-refractivity contribution in [1.82, 2.24) is 9.88 Å². The molecule has 0 aliphatic heterocycles. The van der Waals surface area contributed by atoms with Gasteiger partial charge >= 0.3 is 6.09 Å². The van der Waals surface area contributed by atoms with Gasteiger partial charge in [0.2, 0.25) is 6.41 Å². The van der Waals surface area contributed by atoms with Gasteiger partial charge in [-0.1, -0.05) is 0 Å². The summed E-state index contributed by atoms with van der Waals surface area (Å²) in [4.78, 5) is 28.1. The molecule has 122 valence electrons. The van der Waals surface area contributed by atoms with Gasteiger partial charge in [-0.15, -0.1) is 0 Å². The largest absolute Gasteiger partial charge is 0.447 e. The van der Waals surface area contributed by atoms with E-state index >= 15 is 0 Å². The number of hydrogen-bond donors (Lipinski definition) is 1. The lowest BCUT2D eigenvalue weighted by atomic mass is 10.2. The van der Waals surface area contributed by atoms with Crippen LogP contribution >= 0.6 is 0 Å². The van der Waals surface area contributed by atoms with E-state index in [4.69, 9.17) is 4.74 Å². The number of carbonyl (C=O) groups is 2. The predicted octanol–water partition coefficient (Wildman–Crippen LogP) is 2.79. The van der Waals surface area contributed by atoms with E-state index in [1.165, 1.54) is 23.2 Å². The number of rotatable bonds is 6. The molecule has 0 saturated heterocycles. The highest BCUT2D eigenvalue weighted by atomic mass is 19.1. The van der Waals surface area contributed by atoms with E-state index in [1.54, 1.807) is 12.1 Å². The van der Waals surface area contributed by atoms with Crippen LogP contribution in [-0.4, -0.2) is 41.6 Å². The minimum absolute atomic E-state index is 0.0382. The van der Waals surface area contributed by atoms with Crippen molar-refractivity contribution in [2.75, 3.05) is 18.5 Å². The van der Waals surface area contributed by atoms with E-state index in [2.05, 4.69) is 10.3 Å². The molecule has 7 heteroatoms. The standard InChI is InChI=1S/C16H18FN3O3/c1-11(2)20(10-21)5-6-23-16(22)19-15-8-13-7-14(17)4-3-12(13)9-18-15/h3-4,7-11H,5-6H2,1-2H3,(H,18,19,22). The molecule has 0 unspecified atom stereocenters. The van der Waals surface area contributed by atoms with Crippen LogP contribution in [0.2, 0.25) is 0 Å². The number of anilines is 1. The molecule has 2 rings (SSSR count). The molecule has 0 aliphatic carbocycles. The molecule has 1 N–H and O–H groups in total. The summed E-state index contributed by atoms with van der Waals surface area (Å²) in [5.74, 6) is -0.0935. The maximum atomic E-state index is 13.2. The Morgan fingerprint density at radius 1 is 1.39 bits per heavy atom. The zero-order valence-electron chi connectivity index (χ0n) is 13.0. The van der Waals surface area contributed by atoms with Gasteiger partial charge in [-0.05, 0) is 43.5 Å². The molecule has 6 nitrogen and oxygen atoms in total. The fourth-order valence-electron chi connectivity index (χ4n) is 2.00. The maximum absolute atomic E-state index is 13.2. The first-order chi connectivity index (χ1) is 11.0. The monoisotopic (exact) mass is 319 g/mol. The number of ether oxygens (including phenoxy) is 1. The Morgan fingerprint density at radius 3 is 2.87 bits per heavy atom. The first-order valence-electron chi connectivity index (χ1n) is 7.19. The second-order valence-electron chi connectivity index (χ2n) is 5.26. The summed E-state index contributed by atoms with van der Waals surface area (Å²) in [5, 5.41) is 3.87. The Morgan fingerprint density at radius 2 is 2.17 bits per heavy atom. The molecule has 0 bridgehead atoms. The van der Waals surface area contributed by atoms with Crippen LogP contribution in [0, 0.1) is 5.82 Å². The minimum atomic E-state index is -0.678. The second-order valence-corrected chi connectivity index (χ2v) is 5.26. The number of benzene rings is 1. The Hall–Kier alpha value is -2.70. The highest BCUT2D eigenvalue weighted by molar-refractivity contribution is 5.89. The van der Waals surface area contributed by atoms with Gasteiger partial charge in [0.15, 0.2) is 0 Å². The highest BCUT2D eigenvalue weighted by Gasteiger charge is 2.09. The SMILES string of the molecule is CC(C)N(C=O)CCOC(=O)Nc1cc2cc(F)ccc2cn1. The van der Waals surface area contributed by atoms with Crippen LogP contribution in [0.1, 0.15) is 13.8 Å². The van der Waals surface area contributed by atoms with Crippen molar-refractivity contribution in [2.24, 2.45) is 0 Å². The van der Waals surface area contributed by atoms with Gasteiger partial charge in [0.1, 0.15) is 18.2 Å². The summed E-state index contributed by atoms with van der Waals surface area (Å²) in [5.41, 5.74) is 0. The summed E-state index contributed by atoms with van der Waals surface area (Å²) in [6.45, 7) is 4.12. The summed E-state index contributed by atoms with van der Waals surface area (Å²) in [7, 11) is 0. The Bertz CT molecular complexity index is 706. The molecule has 1 heterocycles. The summed E-state index contributed by atoms with van der Waals surface area (Å²) < 4.78 is 18.2. The lowest BCUT2D eigenvalue weighted by molar-refractivity contribution is -0.120. The number of aromatic nitrogens is 1. The fraction of sp³-hybridized carbons (Fsp3) is 0.312. The van der Waals surface area contributed by atoms with E-state index in [0.29, 0.717) is 18.3 Å². The number of amides is 2. The van der Waals surface area contributed by atoms with E-state index in [9.17, 15) is 14.0 Å². The first kappa shape index (κ1) is 16.7. The molecule has 0 aliphatic rings. The van der Waals surface area contributed by atoms with Crippen molar-refractivity contribution in [3.63, 3.8) is 0 Å². The van der Waals surface area contributed by atoms with Gasteiger partial charge in [0.05, 0.1) is 6.54 Å². The third-order valence-corrected chi connectivity index (χ3v) is 3.30. The van der Waals surface area contributed by atoms with E-state index in [0.717, 1.165) is 5.39 Å². The van der Waals surface area contributed by atoms with Gasteiger partial charge in [-0.25, -0.2) is 14.2 Å². The highest BCUT2D eigenvalue weighted by Crippen LogP contribution is 2.17. The smallest absolute Gasteiger partial charge is 0.412 e. The molecule has 1 aromatic carbocycles. The third kappa shape index (κ3) is 4.64. The van der Waals surface area contributed by atoms with Gasteiger partial charge < -0.3 is 9.64 Å². The van der Waals surface area contributed by atoms with Gasteiger partial charge in [-0.2, -0.15) is 0 Å². The number of nitrogens with zero attached hydrogens (tertiary/aromatic N) is 2. The molecule has 0 spiro atoms. The van der Waals surface area contributed by atoms with Gasteiger partial charge in [0, 0.05) is 17.6 Å². The van der Waals surface area contributed by atoms with Gasteiger partial charge in [0.25, 0.3) is 0 Å². The Labute approximate surface area is 133 Å². The molecule has 2 aromatic rings. The van der Waals surface area contributed by atoms with Crippen molar-refractivity contribution in [2.45, 2.75) is 19.9 Å². The third-order valence-electron chi connectivity index (χ3n) is 3.30. The van der Waals surface area contributed by atoms with Gasteiger partial charge in [-0.3, -0.25) is 10.1 Å². The number of pyridine rings is 1. The Balaban J connectivity index is 1.91. The van der Waals surface area contributed by atoms with E-state index in [-0.39, 0.29) is 24.3 Å². The van der Waals surface area contributed by atoms with Crippen LogP contribution in [0.4, 0.5) is 15.0 Å². The van der Waals surface area contributed by atoms with Crippen LogP contribution in [0.5, 0.6) is 0 Å². The zero-order valence-corrected chi connectivity index (χ0v) is 13.0. The van der Waals surface area contributed by atoms with E-state index < -0.39 is 6.09 Å². The summed E-state index contributed by atoms with van der Waals surface area (Å²) in [6, 6.07) is 5.92. The van der Waals surface area contributed by atoms with Crippen molar-refractivity contribution >= 4 is 29.1 Å². The lowest BCUT2D eigenvalue weighted by Crippen LogP contribution is -2.33. The van der Waals surface area contributed by atoms with Crippen LogP contribution in [0.25, 0.3) is 10.8 Å². The quantitative estimate of drug-likeness (QED) is 0.831. The number of fused-ring (bicyclic) bond motifs is 1. The van der Waals surface area contributed by atoms with Crippen molar-refractivity contribution in [3.8, 4) is 0 Å². The molecule has 2 amide bonds. The molecule has 23 heavy (non-hydrogen) atoms. The number of hydrogen-bond acceptors (Lipinski definition) is 4. The average molecular weight is 319 g/mol. The Kier molecular flexibility index (Phi) is 5.46. The summed E-state index contributed by atoms with van der Waals surface area (Å²) >= 11 is 0. The van der Waals surface area contributed by atoms with Crippen LogP contribution < -0.4 is 5.32 Å². The molecule has 0 fully saturated rings. The van der Waals surface area contributed by atoms with Crippen molar-refractivity contribution in [1.29, 1.82) is 0 Å². The molecule has 1 aromatic heterocycles. The topological polar surface area (TPSA) is 71.5 Å². The summed E-state index contributed by atoms with van der Waals surface area (Å²) in [6.07, 6.45) is 1.57. The van der Waals surface area contributed by atoms with Crippen molar-refractivity contribution in [3.05, 3.63) is 36.3 Å². The molecule has 0 radical (unpaired) electrons. The predicted molar refractivity (Wildman–Crippen MR) is 84.6 cm³/mol. The molecular weight excluding hydrogens is 301 g/mol. The van der Waals surface area contributed by atoms with Crippen LogP contribution in [-0.2, 0) is 9.53 Å². The first-order valence-corrected chi connectivity index (χ1v) is 7.19. The molecule has 0 atom stereocenters. The van der Waals surface area contributed by atoms with Crippen molar-refractivity contribution < 1.29 is 18.7 Å².